The third-order valence-corrected chi connectivity index (χ3v) is 2.75. The lowest BCUT2D eigenvalue weighted by atomic mass is 10.1. The summed E-state index contributed by atoms with van der Waals surface area (Å²) in [5, 5.41) is -0.325. The van der Waals surface area contributed by atoms with Crippen molar-refractivity contribution in [3.8, 4) is 5.75 Å². The Morgan fingerprint density at radius 2 is 1.90 bits per heavy atom. The maximum Gasteiger partial charge on any atom is 0.449 e. The molecule has 0 N–H and O–H groups in total. The highest BCUT2D eigenvalue weighted by molar-refractivity contribution is 6.05. The SMILES string of the molecule is COC(=O)c1c(OC)ccc2oc(C(F)(F)F)cc(=O)c12. The van der Waals surface area contributed by atoms with Crippen LogP contribution in [0.3, 0.4) is 0 Å². The molecule has 2 rings (SSSR count). The number of fused-ring (bicyclic) bond motifs is 1. The number of methoxy groups -OCH3 is 2. The first-order chi connectivity index (χ1) is 9.79. The average molecular weight is 302 g/mol. The van der Waals surface area contributed by atoms with Crippen molar-refractivity contribution in [2.75, 3.05) is 14.2 Å². The first-order valence-electron chi connectivity index (χ1n) is 5.60. The van der Waals surface area contributed by atoms with E-state index in [-0.39, 0.29) is 28.3 Å². The van der Waals surface area contributed by atoms with Gasteiger partial charge in [-0.15, -0.1) is 0 Å². The second-order valence-electron chi connectivity index (χ2n) is 3.98. The molecule has 0 atom stereocenters. The van der Waals surface area contributed by atoms with Crippen LogP contribution in [0.4, 0.5) is 13.2 Å². The Bertz CT molecular complexity index is 761. The highest BCUT2D eigenvalue weighted by Gasteiger charge is 2.35. The van der Waals surface area contributed by atoms with Crippen LogP contribution in [0.1, 0.15) is 16.1 Å². The van der Waals surface area contributed by atoms with Gasteiger partial charge in [0.1, 0.15) is 16.9 Å². The quantitative estimate of drug-likeness (QED) is 0.798. The minimum absolute atomic E-state index is 0.00130. The molecule has 0 aliphatic rings. The van der Waals surface area contributed by atoms with E-state index in [1.54, 1.807) is 0 Å². The molecule has 0 saturated carbocycles. The van der Waals surface area contributed by atoms with Crippen LogP contribution in [-0.2, 0) is 10.9 Å². The second kappa shape index (κ2) is 5.12. The Balaban J connectivity index is 2.88. The Morgan fingerprint density at radius 3 is 2.43 bits per heavy atom. The molecule has 0 aliphatic carbocycles. The minimum Gasteiger partial charge on any atom is -0.496 e. The van der Waals surface area contributed by atoms with E-state index < -0.39 is 23.3 Å². The number of carbonyl (C=O) groups is 1. The Morgan fingerprint density at radius 1 is 1.24 bits per heavy atom. The molecule has 0 radical (unpaired) electrons. The third kappa shape index (κ3) is 2.56. The number of ether oxygens (including phenoxy) is 2. The smallest absolute Gasteiger partial charge is 0.449 e. The van der Waals surface area contributed by atoms with Crippen molar-refractivity contribution in [2.24, 2.45) is 0 Å². The molecule has 0 fully saturated rings. The normalized spacial score (nSPS) is 11.5. The molecule has 0 aliphatic heterocycles. The molecule has 0 amide bonds. The molecule has 5 nitrogen and oxygen atoms in total. The highest BCUT2D eigenvalue weighted by Crippen LogP contribution is 2.32. The predicted octanol–water partition coefficient (Wildman–Crippen LogP) is 2.61. The van der Waals surface area contributed by atoms with Crippen molar-refractivity contribution in [2.45, 2.75) is 6.18 Å². The first kappa shape index (κ1) is 14.9. The number of hydrogen-bond acceptors (Lipinski definition) is 5. The molecule has 0 unspecified atom stereocenters. The fraction of sp³-hybridized carbons (Fsp3) is 0.231. The first-order valence-corrected chi connectivity index (χ1v) is 5.60. The van der Waals surface area contributed by atoms with Gasteiger partial charge >= 0.3 is 12.1 Å². The monoisotopic (exact) mass is 302 g/mol. The zero-order valence-electron chi connectivity index (χ0n) is 10.9. The van der Waals surface area contributed by atoms with Crippen LogP contribution in [0.5, 0.6) is 5.75 Å². The van der Waals surface area contributed by atoms with Crippen LogP contribution in [0.25, 0.3) is 11.0 Å². The summed E-state index contributed by atoms with van der Waals surface area (Å²) in [5.41, 5.74) is -1.67. The van der Waals surface area contributed by atoms with Crippen LogP contribution in [0, 0.1) is 0 Å². The molecular weight excluding hydrogens is 293 g/mol. The number of benzene rings is 1. The number of esters is 1. The summed E-state index contributed by atoms with van der Waals surface area (Å²) in [7, 11) is 2.33. The molecule has 0 bridgehead atoms. The zero-order valence-corrected chi connectivity index (χ0v) is 10.9. The molecule has 0 saturated heterocycles. The van der Waals surface area contributed by atoms with Crippen LogP contribution < -0.4 is 10.2 Å². The molecule has 21 heavy (non-hydrogen) atoms. The van der Waals surface area contributed by atoms with Crippen LogP contribution >= 0.6 is 0 Å². The summed E-state index contributed by atoms with van der Waals surface area (Å²) >= 11 is 0. The Kier molecular flexibility index (Phi) is 3.63. The molecular formula is C13H9F3O5. The number of alkyl halides is 3. The van der Waals surface area contributed by atoms with E-state index in [1.807, 2.05) is 0 Å². The lowest BCUT2D eigenvalue weighted by molar-refractivity contribution is -0.152. The number of halogens is 3. The fourth-order valence-electron chi connectivity index (χ4n) is 1.85. The van der Waals surface area contributed by atoms with Crippen molar-refractivity contribution in [1.82, 2.24) is 0 Å². The molecule has 8 heteroatoms. The average Bonchev–Trinajstić information content (AvgIpc) is 2.44. The third-order valence-electron chi connectivity index (χ3n) is 2.75. The summed E-state index contributed by atoms with van der Waals surface area (Å²) < 4.78 is 51.9. The summed E-state index contributed by atoms with van der Waals surface area (Å²) in [6, 6.07) is 2.63. The van der Waals surface area contributed by atoms with Gasteiger partial charge in [-0.25, -0.2) is 4.79 Å². The van der Waals surface area contributed by atoms with E-state index >= 15 is 0 Å². The van der Waals surface area contributed by atoms with Crippen LogP contribution in [0.2, 0.25) is 0 Å². The molecule has 112 valence electrons. The lowest BCUT2D eigenvalue weighted by Gasteiger charge is -2.11. The van der Waals surface area contributed by atoms with E-state index in [2.05, 4.69) is 9.15 Å². The summed E-state index contributed by atoms with van der Waals surface area (Å²) in [5.74, 6) is -2.35. The van der Waals surface area contributed by atoms with Gasteiger partial charge in [0.15, 0.2) is 5.43 Å². The van der Waals surface area contributed by atoms with Gasteiger partial charge in [0, 0.05) is 6.07 Å². The molecule has 1 heterocycles. The van der Waals surface area contributed by atoms with Crippen molar-refractivity contribution in [3.05, 3.63) is 39.7 Å². The number of hydrogen-bond donors (Lipinski definition) is 0. The topological polar surface area (TPSA) is 65.7 Å². The molecule has 1 aromatic carbocycles. The van der Waals surface area contributed by atoms with E-state index in [1.165, 1.54) is 13.2 Å². The molecule has 1 aromatic heterocycles. The lowest BCUT2D eigenvalue weighted by Crippen LogP contribution is -2.15. The molecule has 0 spiro atoms. The molecule has 2 aromatic rings. The predicted molar refractivity (Wildman–Crippen MR) is 65.4 cm³/mol. The van der Waals surface area contributed by atoms with Gasteiger partial charge < -0.3 is 13.9 Å². The van der Waals surface area contributed by atoms with Gasteiger partial charge in [0.05, 0.1) is 19.6 Å². The van der Waals surface area contributed by atoms with Gasteiger partial charge in [-0.3, -0.25) is 4.79 Å². The van der Waals surface area contributed by atoms with Crippen molar-refractivity contribution >= 4 is 16.9 Å². The standard InChI is InChI=1S/C13H9F3O5/c1-19-7-3-4-8-10(11(7)12(18)20-2)6(17)5-9(21-8)13(14,15)16/h3-5H,1-2H3. The van der Waals surface area contributed by atoms with Gasteiger partial charge in [-0.1, -0.05) is 0 Å². The van der Waals surface area contributed by atoms with Gasteiger partial charge in [-0.05, 0) is 12.1 Å². The van der Waals surface area contributed by atoms with Crippen LogP contribution in [-0.4, -0.2) is 20.2 Å². The number of rotatable bonds is 2. The maximum absolute atomic E-state index is 12.6. The van der Waals surface area contributed by atoms with Crippen LogP contribution in [0.15, 0.2) is 27.4 Å². The highest BCUT2D eigenvalue weighted by atomic mass is 19.4. The van der Waals surface area contributed by atoms with Gasteiger partial charge in [0.2, 0.25) is 5.76 Å². The van der Waals surface area contributed by atoms with E-state index in [0.29, 0.717) is 0 Å². The summed E-state index contributed by atoms with van der Waals surface area (Å²) in [6.45, 7) is 0. The van der Waals surface area contributed by atoms with Gasteiger partial charge in [0.25, 0.3) is 0 Å². The van der Waals surface area contributed by atoms with Crippen molar-refractivity contribution in [1.29, 1.82) is 0 Å². The minimum atomic E-state index is -4.81. The van der Waals surface area contributed by atoms with E-state index in [4.69, 9.17) is 4.74 Å². The Hall–Kier alpha value is -2.51. The fourth-order valence-corrected chi connectivity index (χ4v) is 1.85. The van der Waals surface area contributed by atoms with Gasteiger partial charge in [-0.2, -0.15) is 13.2 Å². The maximum atomic E-state index is 12.6. The van der Waals surface area contributed by atoms with Crippen molar-refractivity contribution < 1.29 is 31.9 Å². The second-order valence-corrected chi connectivity index (χ2v) is 3.98. The summed E-state index contributed by atoms with van der Waals surface area (Å²) in [6.07, 6.45) is -4.81. The summed E-state index contributed by atoms with van der Waals surface area (Å²) in [4.78, 5) is 23.7. The zero-order chi connectivity index (χ0) is 15.8. The number of carbonyl (C=O) groups excluding carboxylic acids is 1. The van der Waals surface area contributed by atoms with Crippen molar-refractivity contribution in [3.63, 3.8) is 0 Å². The largest absolute Gasteiger partial charge is 0.496 e. The van der Waals surface area contributed by atoms with E-state index in [0.717, 1.165) is 13.2 Å². The Labute approximate surface area is 115 Å². The van der Waals surface area contributed by atoms with E-state index in [9.17, 15) is 22.8 Å².